The lowest BCUT2D eigenvalue weighted by atomic mass is 10.1. The van der Waals surface area contributed by atoms with Crippen molar-refractivity contribution in [2.75, 3.05) is 20.8 Å². The Morgan fingerprint density at radius 2 is 1.70 bits per heavy atom. The smallest absolute Gasteiger partial charge is 0.310 e. The lowest BCUT2D eigenvalue weighted by molar-refractivity contribution is -0.141. The molecule has 0 unspecified atom stereocenters. The summed E-state index contributed by atoms with van der Waals surface area (Å²) in [6.07, 6.45) is 0.133. The van der Waals surface area contributed by atoms with Crippen molar-refractivity contribution in [1.29, 1.82) is 0 Å². The summed E-state index contributed by atoms with van der Waals surface area (Å²) in [4.78, 5) is 24.0. The van der Waals surface area contributed by atoms with E-state index in [9.17, 15) is 9.59 Å². The average Bonchev–Trinajstić information content (AvgIpc) is 2.60. The lowest BCUT2D eigenvalue weighted by Crippen LogP contribution is -2.16. The number of carbonyl (C=O) groups excluding carboxylic acids is 2. The van der Waals surface area contributed by atoms with Gasteiger partial charge in [-0.05, 0) is 17.7 Å². The number of esters is 1. The molecule has 0 spiro atoms. The average molecular weight is 314 g/mol. The minimum atomic E-state index is -0.447. The summed E-state index contributed by atoms with van der Waals surface area (Å²) in [5, 5.41) is 0. The molecule has 0 heterocycles. The van der Waals surface area contributed by atoms with E-state index >= 15 is 0 Å². The predicted octanol–water partition coefficient (Wildman–Crippen LogP) is 2.67. The minimum Gasteiger partial charge on any atom is -0.497 e. The van der Waals surface area contributed by atoms with Gasteiger partial charge in [0.05, 0.1) is 26.2 Å². The van der Waals surface area contributed by atoms with Crippen molar-refractivity contribution in [1.82, 2.24) is 0 Å². The van der Waals surface area contributed by atoms with Crippen molar-refractivity contribution in [2.45, 2.75) is 6.42 Å². The highest BCUT2D eigenvalue weighted by Gasteiger charge is 2.15. The Balaban J connectivity index is 1.95. The summed E-state index contributed by atoms with van der Waals surface area (Å²) >= 11 is 0. The Kier molecular flexibility index (Phi) is 5.74. The molecule has 0 aliphatic rings. The second kappa shape index (κ2) is 7.98. The van der Waals surface area contributed by atoms with Gasteiger partial charge in [-0.3, -0.25) is 9.59 Å². The number of hydrogen-bond acceptors (Lipinski definition) is 5. The molecule has 5 nitrogen and oxygen atoms in total. The van der Waals surface area contributed by atoms with Crippen LogP contribution in [0, 0.1) is 0 Å². The second-order valence-corrected chi connectivity index (χ2v) is 4.81. The van der Waals surface area contributed by atoms with Gasteiger partial charge in [-0.1, -0.05) is 30.3 Å². The van der Waals surface area contributed by atoms with Gasteiger partial charge in [-0.25, -0.2) is 0 Å². The Morgan fingerprint density at radius 3 is 2.35 bits per heavy atom. The zero-order valence-electron chi connectivity index (χ0n) is 13.1. The molecule has 0 aromatic heterocycles. The maximum absolute atomic E-state index is 12.2. The van der Waals surface area contributed by atoms with Gasteiger partial charge in [0, 0.05) is 6.07 Å². The molecule has 0 amide bonds. The number of rotatable bonds is 7. The maximum atomic E-state index is 12.2. The summed E-state index contributed by atoms with van der Waals surface area (Å²) in [5.41, 5.74) is 1.19. The van der Waals surface area contributed by atoms with Crippen LogP contribution in [0.2, 0.25) is 0 Å². The van der Waals surface area contributed by atoms with E-state index in [1.807, 2.05) is 30.3 Å². The van der Waals surface area contributed by atoms with Crippen LogP contribution >= 0.6 is 0 Å². The monoisotopic (exact) mass is 314 g/mol. The van der Waals surface area contributed by atoms with E-state index in [1.54, 1.807) is 18.2 Å². The number of ketones is 1. The van der Waals surface area contributed by atoms with Gasteiger partial charge >= 0.3 is 5.97 Å². The molecule has 0 aliphatic heterocycles. The van der Waals surface area contributed by atoms with Crippen LogP contribution < -0.4 is 9.47 Å². The molecule has 0 bridgehead atoms. The summed E-state index contributed by atoms with van der Waals surface area (Å²) in [6, 6.07) is 14.1. The number of hydrogen-bond donors (Lipinski definition) is 0. The highest BCUT2D eigenvalue weighted by atomic mass is 16.5. The fourth-order valence-electron chi connectivity index (χ4n) is 2.07. The van der Waals surface area contributed by atoms with E-state index in [0.29, 0.717) is 17.1 Å². The molecule has 23 heavy (non-hydrogen) atoms. The third kappa shape index (κ3) is 4.57. The molecule has 2 aromatic carbocycles. The SMILES string of the molecule is COc1ccc(C(=O)COC(=O)Cc2ccccc2)c(OC)c1. The number of carbonyl (C=O) groups is 2. The van der Waals surface area contributed by atoms with Crippen molar-refractivity contribution in [3.05, 3.63) is 59.7 Å². The first-order valence-electron chi connectivity index (χ1n) is 7.09. The minimum absolute atomic E-state index is 0.133. The molecular formula is C18H18O5. The van der Waals surface area contributed by atoms with Crippen molar-refractivity contribution in [2.24, 2.45) is 0 Å². The first-order chi connectivity index (χ1) is 11.1. The molecule has 120 valence electrons. The normalized spacial score (nSPS) is 10.0. The van der Waals surface area contributed by atoms with Gasteiger partial charge in [0.15, 0.2) is 6.61 Å². The second-order valence-electron chi connectivity index (χ2n) is 4.81. The zero-order chi connectivity index (χ0) is 16.7. The van der Waals surface area contributed by atoms with Gasteiger partial charge in [-0.15, -0.1) is 0 Å². The molecule has 0 saturated heterocycles. The molecule has 0 N–H and O–H groups in total. The lowest BCUT2D eigenvalue weighted by Gasteiger charge is -2.10. The Morgan fingerprint density at radius 1 is 0.957 bits per heavy atom. The van der Waals surface area contributed by atoms with E-state index in [0.717, 1.165) is 5.56 Å². The number of ether oxygens (including phenoxy) is 3. The highest BCUT2D eigenvalue weighted by Crippen LogP contribution is 2.25. The standard InChI is InChI=1S/C18H18O5/c1-21-14-8-9-15(17(11-14)22-2)16(19)12-23-18(20)10-13-6-4-3-5-7-13/h3-9,11H,10,12H2,1-2H3. The maximum Gasteiger partial charge on any atom is 0.310 e. The number of benzene rings is 2. The molecule has 0 aliphatic carbocycles. The van der Waals surface area contributed by atoms with Crippen molar-refractivity contribution in [3.63, 3.8) is 0 Å². The zero-order valence-corrected chi connectivity index (χ0v) is 13.1. The number of Topliss-reactive ketones (excluding diaryl/α,β-unsaturated/α-hetero) is 1. The Labute approximate surface area is 134 Å². The van der Waals surface area contributed by atoms with Crippen LogP contribution in [0.5, 0.6) is 11.5 Å². The van der Waals surface area contributed by atoms with Gasteiger partial charge in [0.2, 0.25) is 5.78 Å². The summed E-state index contributed by atoms with van der Waals surface area (Å²) in [5.74, 6) is 0.191. The van der Waals surface area contributed by atoms with Gasteiger partial charge < -0.3 is 14.2 Å². The topological polar surface area (TPSA) is 61.8 Å². The molecule has 0 fully saturated rings. The van der Waals surface area contributed by atoms with E-state index in [-0.39, 0.29) is 18.8 Å². The van der Waals surface area contributed by atoms with Gasteiger partial charge in [-0.2, -0.15) is 0 Å². The molecule has 5 heteroatoms. The summed E-state index contributed by atoms with van der Waals surface area (Å²) < 4.78 is 15.3. The van der Waals surface area contributed by atoms with Gasteiger partial charge in [0.1, 0.15) is 11.5 Å². The fourth-order valence-corrected chi connectivity index (χ4v) is 2.07. The van der Waals surface area contributed by atoms with Crippen LogP contribution in [-0.4, -0.2) is 32.6 Å². The van der Waals surface area contributed by atoms with Gasteiger partial charge in [0.25, 0.3) is 0 Å². The quantitative estimate of drug-likeness (QED) is 0.581. The molecule has 0 saturated carbocycles. The van der Waals surface area contributed by atoms with Crippen LogP contribution in [0.15, 0.2) is 48.5 Å². The number of methoxy groups -OCH3 is 2. The fraction of sp³-hybridized carbons (Fsp3) is 0.222. The molecule has 2 rings (SSSR count). The largest absolute Gasteiger partial charge is 0.497 e. The van der Waals surface area contributed by atoms with Crippen LogP contribution in [0.3, 0.4) is 0 Å². The third-order valence-corrected chi connectivity index (χ3v) is 3.26. The van der Waals surface area contributed by atoms with Crippen LogP contribution in [0.4, 0.5) is 0 Å². The Hall–Kier alpha value is -2.82. The molecule has 2 aromatic rings. The highest BCUT2D eigenvalue weighted by molar-refractivity contribution is 6.00. The molecule has 0 radical (unpaired) electrons. The van der Waals surface area contributed by atoms with Crippen molar-refractivity contribution in [3.8, 4) is 11.5 Å². The molecular weight excluding hydrogens is 296 g/mol. The third-order valence-electron chi connectivity index (χ3n) is 3.26. The first-order valence-corrected chi connectivity index (χ1v) is 7.09. The molecule has 0 atom stereocenters. The van der Waals surface area contributed by atoms with E-state index in [2.05, 4.69) is 0 Å². The first kappa shape index (κ1) is 16.5. The van der Waals surface area contributed by atoms with Crippen molar-refractivity contribution >= 4 is 11.8 Å². The van der Waals surface area contributed by atoms with E-state index in [1.165, 1.54) is 14.2 Å². The van der Waals surface area contributed by atoms with Crippen molar-refractivity contribution < 1.29 is 23.8 Å². The summed E-state index contributed by atoms with van der Waals surface area (Å²) in [6.45, 7) is -0.325. The Bertz CT molecular complexity index is 679. The van der Waals surface area contributed by atoms with Crippen LogP contribution in [-0.2, 0) is 16.0 Å². The summed E-state index contributed by atoms with van der Waals surface area (Å²) in [7, 11) is 2.99. The van der Waals surface area contributed by atoms with Crippen LogP contribution in [0.1, 0.15) is 15.9 Å². The van der Waals surface area contributed by atoms with E-state index < -0.39 is 5.97 Å². The predicted molar refractivity (Wildman–Crippen MR) is 85.0 cm³/mol. The van der Waals surface area contributed by atoms with Crippen LogP contribution in [0.25, 0.3) is 0 Å². The van der Waals surface area contributed by atoms with E-state index in [4.69, 9.17) is 14.2 Å².